The van der Waals surface area contributed by atoms with Gasteiger partial charge in [-0.25, -0.2) is 4.79 Å². The Bertz CT molecular complexity index is 404. The molecule has 1 aromatic carbocycles. The monoisotopic (exact) mass is 278 g/mol. The van der Waals surface area contributed by atoms with Gasteiger partial charge in [-0.05, 0) is 39.7 Å². The van der Waals surface area contributed by atoms with Crippen molar-refractivity contribution in [3.63, 3.8) is 0 Å². The lowest BCUT2D eigenvalue weighted by Gasteiger charge is -1.97. The van der Waals surface area contributed by atoms with Crippen LogP contribution in [0.15, 0.2) is 28.5 Å². The normalized spacial score (nSPS) is 11.5. The fourth-order valence-electron chi connectivity index (χ4n) is 0.810. The third-order valence-electron chi connectivity index (χ3n) is 1.44. The molecule has 74 valence electrons. The Kier molecular flexibility index (Phi) is 3.66. The van der Waals surface area contributed by atoms with Gasteiger partial charge in [0.2, 0.25) is 5.83 Å². The highest BCUT2D eigenvalue weighted by atomic mass is 79.9. The standard InChI is InChI=1S/C9H5BrClFO2/c10-6-3-5(1-2-7(6)11)4-8(12)9(13)14/h1-4H,(H,13,14)/b8-4-. The highest BCUT2D eigenvalue weighted by Gasteiger charge is 2.05. The Labute approximate surface area is 93.1 Å². The van der Waals surface area contributed by atoms with Crippen LogP contribution in [-0.4, -0.2) is 11.1 Å². The maximum Gasteiger partial charge on any atom is 0.364 e. The lowest BCUT2D eigenvalue weighted by atomic mass is 10.2. The average molecular weight is 279 g/mol. The van der Waals surface area contributed by atoms with E-state index >= 15 is 0 Å². The zero-order chi connectivity index (χ0) is 10.7. The van der Waals surface area contributed by atoms with Gasteiger partial charge in [0, 0.05) is 4.47 Å². The maximum atomic E-state index is 12.7. The minimum atomic E-state index is -1.59. The van der Waals surface area contributed by atoms with Gasteiger partial charge < -0.3 is 5.11 Å². The second kappa shape index (κ2) is 4.57. The van der Waals surface area contributed by atoms with Crippen molar-refractivity contribution < 1.29 is 14.3 Å². The summed E-state index contributed by atoms with van der Waals surface area (Å²) in [5, 5.41) is 8.77. The van der Waals surface area contributed by atoms with Gasteiger partial charge in [0.05, 0.1) is 5.02 Å². The molecule has 2 nitrogen and oxygen atoms in total. The van der Waals surface area contributed by atoms with Gasteiger partial charge in [-0.1, -0.05) is 17.7 Å². The Morgan fingerprint density at radius 3 is 2.71 bits per heavy atom. The first-order valence-electron chi connectivity index (χ1n) is 3.56. The van der Waals surface area contributed by atoms with E-state index in [0.29, 0.717) is 15.1 Å². The molecule has 0 unspecified atom stereocenters. The summed E-state index contributed by atoms with van der Waals surface area (Å²) in [6, 6.07) is 4.60. The molecule has 0 aliphatic rings. The number of hydrogen-bond acceptors (Lipinski definition) is 1. The molecule has 1 aromatic rings. The quantitative estimate of drug-likeness (QED) is 0.841. The Hall–Kier alpha value is -0.870. The van der Waals surface area contributed by atoms with E-state index in [2.05, 4.69) is 15.9 Å². The Morgan fingerprint density at radius 1 is 1.57 bits per heavy atom. The van der Waals surface area contributed by atoms with Crippen molar-refractivity contribution in [2.75, 3.05) is 0 Å². The second-order valence-corrected chi connectivity index (χ2v) is 3.73. The number of carboxylic acids is 1. The van der Waals surface area contributed by atoms with E-state index in [9.17, 15) is 9.18 Å². The summed E-state index contributed by atoms with van der Waals surface area (Å²) in [5.74, 6) is -2.80. The number of aliphatic carboxylic acids is 1. The van der Waals surface area contributed by atoms with Gasteiger partial charge in [-0.3, -0.25) is 0 Å². The number of carbonyl (C=O) groups is 1. The van der Waals surface area contributed by atoms with Crippen LogP contribution in [0.2, 0.25) is 5.02 Å². The van der Waals surface area contributed by atoms with Crippen LogP contribution in [0.5, 0.6) is 0 Å². The van der Waals surface area contributed by atoms with Gasteiger partial charge in [-0.15, -0.1) is 0 Å². The van der Waals surface area contributed by atoms with Crippen molar-refractivity contribution in [3.8, 4) is 0 Å². The third kappa shape index (κ3) is 2.82. The number of hydrogen-bond donors (Lipinski definition) is 1. The lowest BCUT2D eigenvalue weighted by molar-refractivity contribution is -0.134. The molecule has 0 heterocycles. The molecule has 0 saturated carbocycles. The van der Waals surface area contributed by atoms with Crippen molar-refractivity contribution in [2.45, 2.75) is 0 Å². The Morgan fingerprint density at radius 2 is 2.21 bits per heavy atom. The van der Waals surface area contributed by atoms with Gasteiger partial charge in [0.1, 0.15) is 0 Å². The zero-order valence-electron chi connectivity index (χ0n) is 6.80. The minimum absolute atomic E-state index is 0.432. The van der Waals surface area contributed by atoms with E-state index in [0.717, 1.165) is 6.08 Å². The van der Waals surface area contributed by atoms with Gasteiger partial charge in [0.25, 0.3) is 0 Å². The molecule has 0 spiro atoms. The van der Waals surface area contributed by atoms with Crippen LogP contribution in [0, 0.1) is 0 Å². The number of carboxylic acid groups (broad SMARTS) is 1. The minimum Gasteiger partial charge on any atom is -0.476 e. The fourth-order valence-corrected chi connectivity index (χ4v) is 1.32. The first kappa shape index (κ1) is 11.2. The van der Waals surface area contributed by atoms with E-state index in [-0.39, 0.29) is 0 Å². The predicted octanol–water partition coefficient (Wildman–Crippen LogP) is 3.50. The van der Waals surface area contributed by atoms with E-state index < -0.39 is 11.8 Å². The third-order valence-corrected chi connectivity index (χ3v) is 2.66. The molecule has 1 N–H and O–H groups in total. The molecule has 0 atom stereocenters. The molecule has 0 aliphatic carbocycles. The van der Waals surface area contributed by atoms with Crippen molar-refractivity contribution in [1.82, 2.24) is 0 Å². The predicted molar refractivity (Wildman–Crippen MR) is 55.9 cm³/mol. The topological polar surface area (TPSA) is 37.3 Å². The van der Waals surface area contributed by atoms with Crippen LogP contribution in [0.4, 0.5) is 4.39 Å². The van der Waals surface area contributed by atoms with Gasteiger partial charge in [0.15, 0.2) is 0 Å². The highest BCUT2D eigenvalue weighted by molar-refractivity contribution is 9.10. The van der Waals surface area contributed by atoms with E-state index in [1.54, 1.807) is 6.07 Å². The van der Waals surface area contributed by atoms with Crippen molar-refractivity contribution >= 4 is 39.6 Å². The van der Waals surface area contributed by atoms with Crippen LogP contribution < -0.4 is 0 Å². The molecule has 0 bridgehead atoms. The second-order valence-electron chi connectivity index (χ2n) is 2.47. The summed E-state index contributed by atoms with van der Waals surface area (Å²) >= 11 is 8.84. The van der Waals surface area contributed by atoms with Crippen LogP contribution >= 0.6 is 27.5 Å². The smallest absolute Gasteiger partial charge is 0.364 e. The number of rotatable bonds is 2. The molecular formula is C9H5BrClFO2. The largest absolute Gasteiger partial charge is 0.476 e. The fraction of sp³-hybridized carbons (Fsp3) is 0. The van der Waals surface area contributed by atoms with Gasteiger partial charge >= 0.3 is 5.97 Å². The molecule has 0 saturated heterocycles. The van der Waals surface area contributed by atoms with E-state index in [4.69, 9.17) is 16.7 Å². The zero-order valence-corrected chi connectivity index (χ0v) is 9.14. The van der Waals surface area contributed by atoms with Crippen LogP contribution in [0.3, 0.4) is 0 Å². The molecule has 14 heavy (non-hydrogen) atoms. The van der Waals surface area contributed by atoms with Crippen LogP contribution in [0.25, 0.3) is 6.08 Å². The van der Waals surface area contributed by atoms with E-state index in [1.165, 1.54) is 12.1 Å². The summed E-state index contributed by atoms with van der Waals surface area (Å²) in [7, 11) is 0. The summed E-state index contributed by atoms with van der Waals surface area (Å²) in [5.41, 5.74) is 0.432. The lowest BCUT2D eigenvalue weighted by Crippen LogP contribution is -1.93. The molecule has 0 fully saturated rings. The van der Waals surface area contributed by atoms with Gasteiger partial charge in [-0.2, -0.15) is 4.39 Å². The van der Waals surface area contributed by atoms with Crippen molar-refractivity contribution in [2.24, 2.45) is 0 Å². The molecule has 0 aliphatic heterocycles. The molecule has 0 radical (unpaired) electrons. The molecular weight excluding hydrogens is 274 g/mol. The summed E-state index contributed by atoms with van der Waals surface area (Å²) < 4.78 is 13.2. The summed E-state index contributed by atoms with van der Waals surface area (Å²) in [6.07, 6.45) is 0.920. The first-order valence-corrected chi connectivity index (χ1v) is 4.73. The SMILES string of the molecule is O=C(O)/C(F)=C/c1ccc(Cl)c(Br)c1. The van der Waals surface area contributed by atoms with Crippen LogP contribution in [-0.2, 0) is 4.79 Å². The molecule has 1 rings (SSSR count). The number of halogens is 3. The highest BCUT2D eigenvalue weighted by Crippen LogP contribution is 2.24. The average Bonchev–Trinajstić information content (AvgIpc) is 2.11. The first-order chi connectivity index (χ1) is 6.50. The van der Waals surface area contributed by atoms with E-state index in [1.807, 2.05) is 0 Å². The number of benzene rings is 1. The molecule has 0 aromatic heterocycles. The maximum absolute atomic E-state index is 12.7. The van der Waals surface area contributed by atoms with Crippen LogP contribution in [0.1, 0.15) is 5.56 Å². The molecule has 0 amide bonds. The molecule has 5 heteroatoms. The van der Waals surface area contributed by atoms with Crippen molar-refractivity contribution in [3.05, 3.63) is 39.1 Å². The summed E-state index contributed by atoms with van der Waals surface area (Å²) in [6.45, 7) is 0. The Balaban J connectivity index is 3.04. The van der Waals surface area contributed by atoms with Crippen molar-refractivity contribution in [1.29, 1.82) is 0 Å². The summed E-state index contributed by atoms with van der Waals surface area (Å²) in [4.78, 5) is 10.2.